The minimum absolute atomic E-state index is 0.124. The van der Waals surface area contributed by atoms with Crippen molar-refractivity contribution in [1.82, 2.24) is 10.3 Å². The number of aryl methyl sites for hydroxylation is 1. The number of nitrogens with one attached hydrogen (secondary N) is 2. The molecule has 2 N–H and O–H groups in total. The van der Waals surface area contributed by atoms with E-state index in [0.29, 0.717) is 24.5 Å². The monoisotopic (exact) mass is 429 g/mol. The summed E-state index contributed by atoms with van der Waals surface area (Å²) in [4.78, 5) is 16.3. The molecule has 0 aliphatic rings. The number of aromatic nitrogens is 1. The first-order valence-corrected chi connectivity index (χ1v) is 9.67. The van der Waals surface area contributed by atoms with Crippen molar-refractivity contribution in [2.45, 2.75) is 25.6 Å². The number of carbonyl (C=O) groups is 1. The predicted octanol–water partition coefficient (Wildman–Crippen LogP) is 5.18. The lowest BCUT2D eigenvalue weighted by molar-refractivity contribution is -0.137. The van der Waals surface area contributed by atoms with Crippen molar-refractivity contribution in [3.05, 3.63) is 83.7 Å². The standard InChI is InChI=1S/C23H22F3N3O2/c1-27-15-19-14-21(11-12-28-19)31-20-8-5-16(6-9-20)7-10-22(30)29-18-4-2-3-17(13-18)23(24,25)26/h2-6,8-9,11-14,27H,7,10,15H2,1H3,(H,29,30). The zero-order chi connectivity index (χ0) is 22.3. The van der Waals surface area contributed by atoms with E-state index in [1.54, 1.807) is 24.4 Å². The van der Waals surface area contributed by atoms with Crippen molar-refractivity contribution >= 4 is 11.6 Å². The molecule has 0 atom stereocenters. The Morgan fingerprint density at radius 3 is 2.52 bits per heavy atom. The Balaban J connectivity index is 1.52. The van der Waals surface area contributed by atoms with Gasteiger partial charge in [0.2, 0.25) is 5.91 Å². The first-order valence-electron chi connectivity index (χ1n) is 9.67. The van der Waals surface area contributed by atoms with Gasteiger partial charge in [-0.25, -0.2) is 0 Å². The van der Waals surface area contributed by atoms with Crippen molar-refractivity contribution < 1.29 is 22.7 Å². The first-order chi connectivity index (χ1) is 14.8. The third-order valence-electron chi connectivity index (χ3n) is 4.42. The predicted molar refractivity (Wildman–Crippen MR) is 112 cm³/mol. The molecule has 0 spiro atoms. The smallest absolute Gasteiger partial charge is 0.416 e. The van der Waals surface area contributed by atoms with E-state index < -0.39 is 11.7 Å². The maximum Gasteiger partial charge on any atom is 0.416 e. The SMILES string of the molecule is CNCc1cc(Oc2ccc(CCC(=O)Nc3cccc(C(F)(F)F)c3)cc2)ccn1. The molecular formula is C23H22F3N3O2. The number of benzene rings is 2. The van der Waals surface area contributed by atoms with E-state index >= 15 is 0 Å². The molecule has 5 nitrogen and oxygen atoms in total. The van der Waals surface area contributed by atoms with Gasteiger partial charge in [0.25, 0.3) is 0 Å². The zero-order valence-electron chi connectivity index (χ0n) is 16.9. The normalized spacial score (nSPS) is 11.2. The third kappa shape index (κ3) is 6.82. The number of carbonyl (C=O) groups excluding carboxylic acids is 1. The maximum atomic E-state index is 12.8. The van der Waals surface area contributed by atoms with Crippen LogP contribution in [0.4, 0.5) is 18.9 Å². The topological polar surface area (TPSA) is 63.2 Å². The van der Waals surface area contributed by atoms with Crippen molar-refractivity contribution in [2.24, 2.45) is 0 Å². The summed E-state index contributed by atoms with van der Waals surface area (Å²) in [5.41, 5.74) is 1.10. The highest BCUT2D eigenvalue weighted by molar-refractivity contribution is 5.90. The number of alkyl halides is 3. The summed E-state index contributed by atoms with van der Waals surface area (Å²) in [6.45, 7) is 0.638. The number of ether oxygens (including phenoxy) is 1. The minimum Gasteiger partial charge on any atom is -0.457 e. The van der Waals surface area contributed by atoms with Gasteiger partial charge in [0.05, 0.1) is 11.3 Å². The number of amides is 1. The van der Waals surface area contributed by atoms with E-state index in [-0.39, 0.29) is 18.0 Å². The molecule has 0 saturated carbocycles. The van der Waals surface area contributed by atoms with Gasteiger partial charge in [0.1, 0.15) is 11.5 Å². The van der Waals surface area contributed by atoms with E-state index in [0.717, 1.165) is 23.4 Å². The molecule has 0 aliphatic carbocycles. The van der Waals surface area contributed by atoms with Gasteiger partial charge in [-0.2, -0.15) is 13.2 Å². The second-order valence-electron chi connectivity index (χ2n) is 6.89. The number of hydrogen-bond acceptors (Lipinski definition) is 4. The summed E-state index contributed by atoms with van der Waals surface area (Å²) in [6, 6.07) is 15.5. The molecule has 0 radical (unpaired) electrons. The summed E-state index contributed by atoms with van der Waals surface area (Å²) in [5, 5.41) is 5.54. The summed E-state index contributed by atoms with van der Waals surface area (Å²) in [5.74, 6) is 0.973. The summed E-state index contributed by atoms with van der Waals surface area (Å²) >= 11 is 0. The molecule has 1 amide bonds. The quantitative estimate of drug-likeness (QED) is 0.518. The van der Waals surface area contributed by atoms with Crippen molar-refractivity contribution in [3.8, 4) is 11.5 Å². The van der Waals surface area contributed by atoms with Crippen molar-refractivity contribution in [2.75, 3.05) is 12.4 Å². The fraction of sp³-hybridized carbons (Fsp3) is 0.217. The molecular weight excluding hydrogens is 407 g/mol. The average Bonchev–Trinajstić information content (AvgIpc) is 2.73. The van der Waals surface area contributed by atoms with Crippen LogP contribution in [0.2, 0.25) is 0 Å². The molecule has 0 unspecified atom stereocenters. The van der Waals surface area contributed by atoms with E-state index in [9.17, 15) is 18.0 Å². The van der Waals surface area contributed by atoms with Crippen LogP contribution in [0.5, 0.6) is 11.5 Å². The van der Waals surface area contributed by atoms with Crippen molar-refractivity contribution in [3.63, 3.8) is 0 Å². The van der Waals surface area contributed by atoms with Crippen LogP contribution >= 0.6 is 0 Å². The molecule has 162 valence electrons. The molecule has 3 aromatic rings. The van der Waals surface area contributed by atoms with Crippen LogP contribution < -0.4 is 15.4 Å². The summed E-state index contributed by atoms with van der Waals surface area (Å²) in [6.07, 6.45) is -2.17. The number of rotatable bonds is 8. The zero-order valence-corrected chi connectivity index (χ0v) is 16.9. The number of hydrogen-bond donors (Lipinski definition) is 2. The Bertz CT molecular complexity index is 1020. The first kappa shape index (κ1) is 22.3. The number of nitrogens with zero attached hydrogens (tertiary/aromatic N) is 1. The lowest BCUT2D eigenvalue weighted by atomic mass is 10.1. The largest absolute Gasteiger partial charge is 0.457 e. The molecule has 0 aliphatic heterocycles. The lowest BCUT2D eigenvalue weighted by Gasteiger charge is -2.10. The third-order valence-corrected chi connectivity index (χ3v) is 4.42. The van der Waals surface area contributed by atoms with Gasteiger partial charge in [-0.3, -0.25) is 9.78 Å². The van der Waals surface area contributed by atoms with Crippen LogP contribution in [0.15, 0.2) is 66.9 Å². The Kier molecular flexibility index (Phi) is 7.25. The molecule has 31 heavy (non-hydrogen) atoms. The van der Waals surface area contributed by atoms with Crippen LogP contribution in [-0.2, 0) is 23.9 Å². The van der Waals surface area contributed by atoms with Gasteiger partial charge in [-0.05, 0) is 55.4 Å². The maximum absolute atomic E-state index is 12.8. The van der Waals surface area contributed by atoms with Crippen LogP contribution in [0.25, 0.3) is 0 Å². The van der Waals surface area contributed by atoms with E-state index in [4.69, 9.17) is 4.74 Å². The second kappa shape index (κ2) is 10.1. The van der Waals surface area contributed by atoms with E-state index in [2.05, 4.69) is 15.6 Å². The molecule has 2 aromatic carbocycles. The highest BCUT2D eigenvalue weighted by atomic mass is 19.4. The fourth-order valence-electron chi connectivity index (χ4n) is 2.91. The highest BCUT2D eigenvalue weighted by Gasteiger charge is 2.30. The van der Waals surface area contributed by atoms with Gasteiger partial charge < -0.3 is 15.4 Å². The van der Waals surface area contributed by atoms with Gasteiger partial charge >= 0.3 is 6.18 Å². The number of anilines is 1. The Morgan fingerprint density at radius 2 is 1.81 bits per heavy atom. The summed E-state index contributed by atoms with van der Waals surface area (Å²) < 4.78 is 44.1. The van der Waals surface area contributed by atoms with E-state index in [1.165, 1.54) is 12.1 Å². The van der Waals surface area contributed by atoms with Crippen LogP contribution in [0.1, 0.15) is 23.2 Å². The number of halogens is 3. The molecule has 1 heterocycles. The second-order valence-corrected chi connectivity index (χ2v) is 6.89. The number of pyridine rings is 1. The molecule has 0 fully saturated rings. The summed E-state index contributed by atoms with van der Waals surface area (Å²) in [7, 11) is 1.84. The Hall–Kier alpha value is -3.39. The Labute approximate surface area is 178 Å². The average molecular weight is 429 g/mol. The molecule has 8 heteroatoms. The van der Waals surface area contributed by atoms with Gasteiger partial charge in [-0.15, -0.1) is 0 Å². The van der Waals surface area contributed by atoms with Gasteiger partial charge in [-0.1, -0.05) is 18.2 Å². The molecule has 0 saturated heterocycles. The fourth-order valence-corrected chi connectivity index (χ4v) is 2.91. The molecule has 0 bridgehead atoms. The lowest BCUT2D eigenvalue weighted by Crippen LogP contribution is -2.13. The van der Waals surface area contributed by atoms with Crippen LogP contribution in [-0.4, -0.2) is 17.9 Å². The molecule has 1 aromatic heterocycles. The highest BCUT2D eigenvalue weighted by Crippen LogP contribution is 2.30. The van der Waals surface area contributed by atoms with Gasteiger partial charge in [0, 0.05) is 30.9 Å². The van der Waals surface area contributed by atoms with Crippen molar-refractivity contribution in [1.29, 1.82) is 0 Å². The Morgan fingerprint density at radius 1 is 1.03 bits per heavy atom. The van der Waals surface area contributed by atoms with Gasteiger partial charge in [0.15, 0.2) is 0 Å². The van der Waals surface area contributed by atoms with Crippen LogP contribution in [0, 0.1) is 0 Å². The van der Waals surface area contributed by atoms with Crippen LogP contribution in [0.3, 0.4) is 0 Å². The minimum atomic E-state index is -4.45. The van der Waals surface area contributed by atoms with E-state index in [1.807, 2.05) is 25.2 Å². The molecule has 3 rings (SSSR count).